The molecule has 1 atom stereocenters. The number of hydrogen-bond donors (Lipinski definition) is 1. The van der Waals surface area contributed by atoms with Gasteiger partial charge in [0.2, 0.25) is 0 Å². The summed E-state index contributed by atoms with van der Waals surface area (Å²) >= 11 is 5.25. The molecule has 0 saturated carbocycles. The second-order valence-corrected chi connectivity index (χ2v) is 6.59. The number of thiazole rings is 1. The average Bonchev–Trinajstić information content (AvgIpc) is 2.91. The van der Waals surface area contributed by atoms with Crippen molar-refractivity contribution in [1.29, 1.82) is 0 Å². The molecule has 0 spiro atoms. The maximum absolute atomic E-state index is 5.71. The van der Waals surface area contributed by atoms with Crippen LogP contribution in [-0.4, -0.2) is 24.7 Å². The van der Waals surface area contributed by atoms with Crippen molar-refractivity contribution in [3.63, 3.8) is 0 Å². The van der Waals surface area contributed by atoms with E-state index in [1.807, 2.05) is 13.0 Å². The lowest BCUT2D eigenvalue weighted by Crippen LogP contribution is -2.23. The molecule has 2 heterocycles. The molecule has 2 aromatic rings. The molecular weight excluding hydrogens is 352 g/mol. The number of fused-ring (bicyclic) bond motifs is 1. The van der Waals surface area contributed by atoms with Crippen LogP contribution in [-0.2, 0) is 0 Å². The molecule has 4 nitrogen and oxygen atoms in total. The summed E-state index contributed by atoms with van der Waals surface area (Å²) in [5.41, 5.74) is 2.18. The summed E-state index contributed by atoms with van der Waals surface area (Å²) in [5, 5.41) is 6.64. The van der Waals surface area contributed by atoms with Gasteiger partial charge in [-0.05, 0) is 47.1 Å². The molecule has 1 N–H and O–H groups in total. The van der Waals surface area contributed by atoms with E-state index in [4.69, 9.17) is 9.47 Å². The first-order valence-corrected chi connectivity index (χ1v) is 8.60. The summed E-state index contributed by atoms with van der Waals surface area (Å²) in [4.78, 5) is 4.62. The second kappa shape index (κ2) is 6.34. The highest BCUT2D eigenvalue weighted by molar-refractivity contribution is 9.10. The molecule has 0 amide bonds. The number of nitrogens with one attached hydrogen (secondary N) is 1. The minimum Gasteiger partial charge on any atom is -0.486 e. The van der Waals surface area contributed by atoms with Gasteiger partial charge in [-0.3, -0.25) is 0 Å². The topological polar surface area (TPSA) is 43.4 Å². The lowest BCUT2D eigenvalue weighted by molar-refractivity contribution is 0.170. The smallest absolute Gasteiger partial charge is 0.175 e. The van der Waals surface area contributed by atoms with E-state index in [1.165, 1.54) is 0 Å². The molecule has 0 fully saturated rings. The van der Waals surface area contributed by atoms with Crippen LogP contribution in [0.15, 0.2) is 22.0 Å². The largest absolute Gasteiger partial charge is 0.486 e. The Balaban J connectivity index is 2.01. The van der Waals surface area contributed by atoms with Crippen molar-refractivity contribution in [3.05, 3.63) is 38.3 Å². The van der Waals surface area contributed by atoms with Crippen LogP contribution in [0.4, 0.5) is 0 Å². The molecule has 1 aliphatic heterocycles. The number of benzene rings is 1. The first kappa shape index (κ1) is 14.8. The number of aryl methyl sites for hydroxylation is 1. The van der Waals surface area contributed by atoms with Crippen LogP contribution in [0.5, 0.6) is 11.5 Å². The van der Waals surface area contributed by atoms with E-state index in [0.29, 0.717) is 13.2 Å². The molecule has 1 unspecified atom stereocenters. The highest BCUT2D eigenvalue weighted by Crippen LogP contribution is 2.41. The van der Waals surface area contributed by atoms with E-state index in [0.717, 1.165) is 38.8 Å². The molecule has 0 radical (unpaired) electrons. The molecule has 6 heteroatoms. The van der Waals surface area contributed by atoms with E-state index in [-0.39, 0.29) is 6.04 Å². The lowest BCUT2D eigenvalue weighted by atomic mass is 10.1. The van der Waals surface area contributed by atoms with Gasteiger partial charge in [-0.1, -0.05) is 6.92 Å². The Morgan fingerprint density at radius 1 is 1.38 bits per heavy atom. The normalized spacial score (nSPS) is 15.0. The molecule has 1 aromatic carbocycles. The first-order valence-electron chi connectivity index (χ1n) is 6.93. The zero-order valence-corrected chi connectivity index (χ0v) is 14.4. The molecule has 0 saturated heterocycles. The second-order valence-electron chi connectivity index (χ2n) is 4.84. The van der Waals surface area contributed by atoms with Gasteiger partial charge in [0.25, 0.3) is 0 Å². The predicted octanol–water partition coefficient (Wildman–Crippen LogP) is 3.68. The summed E-state index contributed by atoms with van der Waals surface area (Å²) in [6.07, 6.45) is 0. The highest BCUT2D eigenvalue weighted by Gasteiger charge is 2.22. The fraction of sp³-hybridized carbons (Fsp3) is 0.400. The van der Waals surface area contributed by atoms with Gasteiger partial charge >= 0.3 is 0 Å². The summed E-state index contributed by atoms with van der Waals surface area (Å²) < 4.78 is 12.3. The van der Waals surface area contributed by atoms with E-state index in [9.17, 15) is 0 Å². The third-order valence-corrected chi connectivity index (χ3v) is 4.86. The number of hydrogen-bond acceptors (Lipinski definition) is 5. The quantitative estimate of drug-likeness (QED) is 0.893. The van der Waals surface area contributed by atoms with Gasteiger partial charge in [0, 0.05) is 11.1 Å². The SMILES string of the molecule is CCNC(c1cc(Br)c2c(c1)OCCO2)c1nc(C)cs1. The fourth-order valence-electron chi connectivity index (χ4n) is 2.35. The zero-order chi connectivity index (χ0) is 14.8. The number of nitrogens with zero attached hydrogens (tertiary/aromatic N) is 1. The molecule has 3 rings (SSSR count). The molecule has 112 valence electrons. The van der Waals surface area contributed by atoms with Gasteiger partial charge < -0.3 is 14.8 Å². The summed E-state index contributed by atoms with van der Waals surface area (Å²) in [6, 6.07) is 4.20. The van der Waals surface area contributed by atoms with Gasteiger partial charge in [0.1, 0.15) is 18.2 Å². The number of halogens is 1. The van der Waals surface area contributed by atoms with Crippen molar-refractivity contribution >= 4 is 27.3 Å². The minimum absolute atomic E-state index is 0.0702. The van der Waals surface area contributed by atoms with Crippen molar-refractivity contribution in [3.8, 4) is 11.5 Å². The van der Waals surface area contributed by atoms with Crippen LogP contribution in [0.1, 0.15) is 29.2 Å². The van der Waals surface area contributed by atoms with Crippen LogP contribution in [0.3, 0.4) is 0 Å². The number of aromatic nitrogens is 1. The Kier molecular flexibility index (Phi) is 4.47. The fourth-order valence-corrected chi connectivity index (χ4v) is 3.82. The minimum atomic E-state index is 0.0702. The van der Waals surface area contributed by atoms with E-state index in [1.54, 1.807) is 11.3 Å². The maximum Gasteiger partial charge on any atom is 0.175 e. The highest BCUT2D eigenvalue weighted by atomic mass is 79.9. The van der Waals surface area contributed by atoms with E-state index in [2.05, 4.69) is 44.6 Å². The van der Waals surface area contributed by atoms with Crippen LogP contribution in [0.25, 0.3) is 0 Å². The average molecular weight is 369 g/mol. The predicted molar refractivity (Wildman–Crippen MR) is 87.5 cm³/mol. The Morgan fingerprint density at radius 2 is 2.19 bits per heavy atom. The van der Waals surface area contributed by atoms with Gasteiger partial charge in [0.15, 0.2) is 11.5 Å². The third kappa shape index (κ3) is 3.07. The van der Waals surface area contributed by atoms with Crippen molar-refractivity contribution in [2.45, 2.75) is 19.9 Å². The van der Waals surface area contributed by atoms with Crippen molar-refractivity contribution in [2.75, 3.05) is 19.8 Å². The summed E-state index contributed by atoms with van der Waals surface area (Å²) in [6.45, 7) is 6.16. The molecule has 1 aromatic heterocycles. The Morgan fingerprint density at radius 3 is 2.90 bits per heavy atom. The standard InChI is InChI=1S/C15H17BrN2O2S/c1-3-17-13(15-18-9(2)8-21-15)10-6-11(16)14-12(7-10)19-4-5-20-14/h6-8,13,17H,3-5H2,1-2H3. The molecular formula is C15H17BrN2O2S. The molecule has 1 aliphatic rings. The monoisotopic (exact) mass is 368 g/mol. The van der Waals surface area contributed by atoms with E-state index < -0.39 is 0 Å². The number of rotatable bonds is 4. The van der Waals surface area contributed by atoms with Crippen molar-refractivity contribution < 1.29 is 9.47 Å². The van der Waals surface area contributed by atoms with Gasteiger partial charge in [-0.15, -0.1) is 11.3 Å². The first-order chi connectivity index (χ1) is 10.2. The van der Waals surface area contributed by atoms with Crippen LogP contribution in [0.2, 0.25) is 0 Å². The lowest BCUT2D eigenvalue weighted by Gasteiger charge is -2.23. The maximum atomic E-state index is 5.71. The Bertz CT molecular complexity index is 645. The van der Waals surface area contributed by atoms with Gasteiger partial charge in [0.05, 0.1) is 10.5 Å². The third-order valence-electron chi connectivity index (χ3n) is 3.24. The Labute approximate surface area is 136 Å². The molecule has 0 bridgehead atoms. The van der Waals surface area contributed by atoms with Gasteiger partial charge in [-0.2, -0.15) is 0 Å². The van der Waals surface area contributed by atoms with Crippen LogP contribution in [0, 0.1) is 6.92 Å². The van der Waals surface area contributed by atoms with Crippen LogP contribution < -0.4 is 14.8 Å². The van der Waals surface area contributed by atoms with Crippen LogP contribution >= 0.6 is 27.3 Å². The van der Waals surface area contributed by atoms with Crippen molar-refractivity contribution in [2.24, 2.45) is 0 Å². The van der Waals surface area contributed by atoms with E-state index >= 15 is 0 Å². The molecule has 21 heavy (non-hydrogen) atoms. The zero-order valence-electron chi connectivity index (χ0n) is 12.0. The summed E-state index contributed by atoms with van der Waals surface area (Å²) in [7, 11) is 0. The van der Waals surface area contributed by atoms with Gasteiger partial charge in [-0.25, -0.2) is 4.98 Å². The Hall–Kier alpha value is -1.11. The summed E-state index contributed by atoms with van der Waals surface area (Å²) in [5.74, 6) is 1.58. The number of ether oxygens (including phenoxy) is 2. The molecule has 0 aliphatic carbocycles. The van der Waals surface area contributed by atoms with Crippen molar-refractivity contribution in [1.82, 2.24) is 10.3 Å².